The fourth-order valence-electron chi connectivity index (χ4n) is 1.91. The van der Waals surface area contributed by atoms with E-state index in [1.807, 2.05) is 23.8 Å². The van der Waals surface area contributed by atoms with Gasteiger partial charge < -0.3 is 15.1 Å². The SMILES string of the molecule is CCCNCCNC(=O)Cc1nc(-c2ccsc2)oc1C. The average molecular weight is 307 g/mol. The number of amides is 1. The zero-order chi connectivity index (χ0) is 15.1. The van der Waals surface area contributed by atoms with E-state index < -0.39 is 0 Å². The van der Waals surface area contributed by atoms with Crippen LogP contribution in [0.25, 0.3) is 11.5 Å². The third-order valence-corrected chi connectivity index (χ3v) is 3.72. The van der Waals surface area contributed by atoms with Crippen LogP contribution in [0.15, 0.2) is 21.2 Å². The van der Waals surface area contributed by atoms with Crippen LogP contribution in [0.5, 0.6) is 0 Å². The van der Waals surface area contributed by atoms with Crippen LogP contribution in [0, 0.1) is 6.92 Å². The molecule has 0 saturated heterocycles. The predicted molar refractivity (Wildman–Crippen MR) is 84.4 cm³/mol. The van der Waals surface area contributed by atoms with E-state index in [4.69, 9.17) is 4.42 Å². The molecule has 0 radical (unpaired) electrons. The normalized spacial score (nSPS) is 10.8. The monoisotopic (exact) mass is 307 g/mol. The molecule has 2 aromatic rings. The minimum Gasteiger partial charge on any atom is -0.441 e. The number of hydrogen-bond donors (Lipinski definition) is 2. The molecule has 2 rings (SSSR count). The van der Waals surface area contributed by atoms with Gasteiger partial charge in [-0.2, -0.15) is 11.3 Å². The van der Waals surface area contributed by atoms with Crippen molar-refractivity contribution in [1.29, 1.82) is 0 Å². The summed E-state index contributed by atoms with van der Waals surface area (Å²) < 4.78 is 5.62. The van der Waals surface area contributed by atoms with Crippen molar-refractivity contribution in [2.45, 2.75) is 26.7 Å². The summed E-state index contributed by atoms with van der Waals surface area (Å²) in [5.41, 5.74) is 1.66. The Hall–Kier alpha value is -1.66. The summed E-state index contributed by atoms with van der Waals surface area (Å²) >= 11 is 1.59. The summed E-state index contributed by atoms with van der Waals surface area (Å²) in [5, 5.41) is 10.1. The van der Waals surface area contributed by atoms with Crippen molar-refractivity contribution in [3.05, 3.63) is 28.3 Å². The Morgan fingerprint density at radius 1 is 1.38 bits per heavy atom. The molecule has 2 heterocycles. The molecule has 5 nitrogen and oxygen atoms in total. The molecule has 0 atom stereocenters. The zero-order valence-corrected chi connectivity index (χ0v) is 13.3. The van der Waals surface area contributed by atoms with Gasteiger partial charge in [0.2, 0.25) is 11.8 Å². The van der Waals surface area contributed by atoms with Gasteiger partial charge in [-0.05, 0) is 31.3 Å². The van der Waals surface area contributed by atoms with Crippen molar-refractivity contribution in [3.8, 4) is 11.5 Å². The Morgan fingerprint density at radius 2 is 2.24 bits per heavy atom. The van der Waals surface area contributed by atoms with E-state index in [0.717, 1.165) is 25.1 Å². The van der Waals surface area contributed by atoms with Crippen molar-refractivity contribution in [1.82, 2.24) is 15.6 Å². The molecule has 0 aliphatic carbocycles. The first-order chi connectivity index (χ1) is 10.2. The highest BCUT2D eigenvalue weighted by molar-refractivity contribution is 7.08. The summed E-state index contributed by atoms with van der Waals surface area (Å²) in [6.07, 6.45) is 1.35. The molecule has 0 aliphatic rings. The van der Waals surface area contributed by atoms with E-state index in [9.17, 15) is 4.79 Å². The van der Waals surface area contributed by atoms with Crippen molar-refractivity contribution in [2.24, 2.45) is 0 Å². The zero-order valence-electron chi connectivity index (χ0n) is 12.4. The molecule has 0 spiro atoms. The molecular weight excluding hydrogens is 286 g/mol. The van der Waals surface area contributed by atoms with Gasteiger partial charge in [0.1, 0.15) is 5.76 Å². The minimum absolute atomic E-state index is 0.0263. The second-order valence-corrected chi connectivity index (χ2v) is 5.59. The number of nitrogens with zero attached hydrogens (tertiary/aromatic N) is 1. The van der Waals surface area contributed by atoms with Crippen molar-refractivity contribution >= 4 is 17.2 Å². The summed E-state index contributed by atoms with van der Waals surface area (Å²) in [4.78, 5) is 16.3. The van der Waals surface area contributed by atoms with E-state index in [2.05, 4.69) is 22.5 Å². The Bertz CT molecular complexity index is 563. The van der Waals surface area contributed by atoms with Crippen LogP contribution in [-0.4, -0.2) is 30.5 Å². The fraction of sp³-hybridized carbons (Fsp3) is 0.467. The van der Waals surface area contributed by atoms with Crippen LogP contribution in [0.4, 0.5) is 0 Å². The lowest BCUT2D eigenvalue weighted by atomic mass is 10.2. The molecule has 2 N–H and O–H groups in total. The van der Waals surface area contributed by atoms with Crippen LogP contribution in [0.3, 0.4) is 0 Å². The molecule has 6 heteroatoms. The third-order valence-electron chi connectivity index (χ3n) is 3.04. The Morgan fingerprint density at radius 3 is 2.95 bits per heavy atom. The van der Waals surface area contributed by atoms with E-state index in [1.54, 1.807) is 11.3 Å². The molecule has 0 saturated carbocycles. The Balaban J connectivity index is 1.84. The lowest BCUT2D eigenvalue weighted by molar-refractivity contribution is -0.120. The van der Waals surface area contributed by atoms with Crippen molar-refractivity contribution < 1.29 is 9.21 Å². The number of carbonyl (C=O) groups is 1. The van der Waals surface area contributed by atoms with Gasteiger partial charge in [-0.25, -0.2) is 4.98 Å². The molecule has 0 aromatic carbocycles. The van der Waals surface area contributed by atoms with Crippen LogP contribution < -0.4 is 10.6 Å². The number of nitrogens with one attached hydrogen (secondary N) is 2. The molecule has 2 aromatic heterocycles. The number of aryl methyl sites for hydroxylation is 1. The lowest BCUT2D eigenvalue weighted by Gasteiger charge is -2.05. The smallest absolute Gasteiger partial charge is 0.227 e. The molecule has 0 bridgehead atoms. The highest BCUT2D eigenvalue weighted by atomic mass is 32.1. The number of aromatic nitrogens is 1. The van der Waals surface area contributed by atoms with Crippen LogP contribution >= 0.6 is 11.3 Å². The highest BCUT2D eigenvalue weighted by Gasteiger charge is 2.14. The maximum absolute atomic E-state index is 11.9. The van der Waals surface area contributed by atoms with E-state index in [-0.39, 0.29) is 12.3 Å². The number of thiophene rings is 1. The molecule has 114 valence electrons. The number of carbonyl (C=O) groups excluding carboxylic acids is 1. The van der Waals surface area contributed by atoms with Crippen molar-refractivity contribution in [2.75, 3.05) is 19.6 Å². The first-order valence-electron chi connectivity index (χ1n) is 7.17. The van der Waals surface area contributed by atoms with Gasteiger partial charge in [0.15, 0.2) is 0 Å². The van der Waals surface area contributed by atoms with Gasteiger partial charge in [-0.15, -0.1) is 0 Å². The number of oxazole rings is 1. The molecule has 1 amide bonds. The Kier molecular flexibility index (Phi) is 5.95. The van der Waals surface area contributed by atoms with E-state index >= 15 is 0 Å². The maximum Gasteiger partial charge on any atom is 0.227 e. The quantitative estimate of drug-likeness (QED) is 0.735. The highest BCUT2D eigenvalue weighted by Crippen LogP contribution is 2.23. The van der Waals surface area contributed by atoms with Gasteiger partial charge in [-0.1, -0.05) is 6.92 Å². The molecule has 0 aliphatic heterocycles. The number of rotatable bonds is 8. The van der Waals surface area contributed by atoms with Crippen LogP contribution in [0.1, 0.15) is 24.8 Å². The topological polar surface area (TPSA) is 67.2 Å². The summed E-state index contributed by atoms with van der Waals surface area (Å²) in [7, 11) is 0. The first kappa shape index (κ1) is 15.7. The maximum atomic E-state index is 11.9. The lowest BCUT2D eigenvalue weighted by Crippen LogP contribution is -2.33. The standard InChI is InChI=1S/C15H21N3O2S/c1-3-5-16-6-7-17-14(19)9-13-11(2)20-15(18-13)12-4-8-21-10-12/h4,8,10,16H,3,5-7,9H2,1-2H3,(H,17,19). The van der Waals surface area contributed by atoms with E-state index in [1.165, 1.54) is 0 Å². The summed E-state index contributed by atoms with van der Waals surface area (Å²) in [5.74, 6) is 1.26. The van der Waals surface area contributed by atoms with Gasteiger partial charge in [0.25, 0.3) is 0 Å². The first-order valence-corrected chi connectivity index (χ1v) is 8.11. The van der Waals surface area contributed by atoms with Gasteiger partial charge in [0, 0.05) is 24.0 Å². The minimum atomic E-state index is -0.0263. The van der Waals surface area contributed by atoms with E-state index in [0.29, 0.717) is 23.9 Å². The number of hydrogen-bond acceptors (Lipinski definition) is 5. The Labute approximate surface area is 128 Å². The second kappa shape index (κ2) is 7.95. The molecule has 0 fully saturated rings. The fourth-order valence-corrected chi connectivity index (χ4v) is 2.54. The van der Waals surface area contributed by atoms with Crippen LogP contribution in [0.2, 0.25) is 0 Å². The van der Waals surface area contributed by atoms with Gasteiger partial charge in [0.05, 0.1) is 12.1 Å². The molecule has 21 heavy (non-hydrogen) atoms. The largest absolute Gasteiger partial charge is 0.441 e. The van der Waals surface area contributed by atoms with Crippen LogP contribution in [-0.2, 0) is 11.2 Å². The second-order valence-electron chi connectivity index (χ2n) is 4.81. The molecule has 0 unspecified atom stereocenters. The summed E-state index contributed by atoms with van der Waals surface area (Å²) in [6, 6.07) is 1.96. The summed E-state index contributed by atoms with van der Waals surface area (Å²) in [6.45, 7) is 6.35. The van der Waals surface area contributed by atoms with Gasteiger partial charge >= 0.3 is 0 Å². The third kappa shape index (κ3) is 4.68. The van der Waals surface area contributed by atoms with Crippen molar-refractivity contribution in [3.63, 3.8) is 0 Å². The predicted octanol–water partition coefficient (Wildman–Crippen LogP) is 2.37. The average Bonchev–Trinajstić information content (AvgIpc) is 3.09. The van der Waals surface area contributed by atoms with Gasteiger partial charge in [-0.3, -0.25) is 4.79 Å². The molecular formula is C15H21N3O2S.